The lowest BCUT2D eigenvalue weighted by Crippen LogP contribution is -2.45. The fourth-order valence-corrected chi connectivity index (χ4v) is 3.43. The number of halogens is 3. The first-order valence-corrected chi connectivity index (χ1v) is 8.65. The Morgan fingerprint density at radius 3 is 2.75 bits per heavy atom. The van der Waals surface area contributed by atoms with E-state index < -0.39 is 23.1 Å². The lowest BCUT2D eigenvalue weighted by Gasteiger charge is -2.39. The Balaban J connectivity index is 2.24. The number of unbranched alkanes of at least 4 members (excludes halogenated alkanes) is 1. The Hall–Kier alpha value is -1.11. The van der Waals surface area contributed by atoms with Crippen LogP contribution in [0.5, 0.6) is 0 Å². The largest absolute Gasteiger partial charge is 0.385 e. The standard InChI is InChI=1S/C18H26F3NO2/c1-2-24-9-4-3-7-18(23,13-6-5-8-22-12-13)15-10-14(19)11-16(20)17(15)21/h10-11,13,22-23H,2-9,12H2,1H3/t13?,18-/m0/s1. The van der Waals surface area contributed by atoms with Crippen LogP contribution in [0.4, 0.5) is 13.2 Å². The molecule has 0 bridgehead atoms. The maximum absolute atomic E-state index is 14.3. The summed E-state index contributed by atoms with van der Waals surface area (Å²) in [6.07, 6.45) is 3.06. The first-order valence-electron chi connectivity index (χ1n) is 8.65. The molecule has 136 valence electrons. The molecule has 6 heteroatoms. The van der Waals surface area contributed by atoms with Crippen LogP contribution in [0.25, 0.3) is 0 Å². The van der Waals surface area contributed by atoms with Gasteiger partial charge in [0.05, 0.1) is 5.60 Å². The minimum Gasteiger partial charge on any atom is -0.385 e. The minimum absolute atomic E-state index is 0.242. The van der Waals surface area contributed by atoms with Crippen molar-refractivity contribution in [3.05, 3.63) is 35.1 Å². The second kappa shape index (κ2) is 8.83. The fourth-order valence-electron chi connectivity index (χ4n) is 3.43. The first kappa shape index (κ1) is 19.2. The molecular formula is C18H26F3NO2. The maximum atomic E-state index is 14.3. The predicted molar refractivity (Wildman–Crippen MR) is 86.2 cm³/mol. The number of ether oxygens (including phenoxy) is 1. The van der Waals surface area contributed by atoms with Crippen molar-refractivity contribution in [3.8, 4) is 0 Å². The molecule has 0 aliphatic carbocycles. The quantitative estimate of drug-likeness (QED) is 0.560. The average molecular weight is 345 g/mol. The summed E-state index contributed by atoms with van der Waals surface area (Å²) in [5, 5.41) is 14.4. The molecule has 0 amide bonds. The van der Waals surface area contributed by atoms with Gasteiger partial charge in [-0.05, 0) is 51.6 Å². The van der Waals surface area contributed by atoms with E-state index in [9.17, 15) is 18.3 Å². The Labute approximate surface area is 141 Å². The molecule has 1 aliphatic rings. The van der Waals surface area contributed by atoms with Crippen LogP contribution >= 0.6 is 0 Å². The van der Waals surface area contributed by atoms with Crippen molar-refractivity contribution in [2.24, 2.45) is 5.92 Å². The van der Waals surface area contributed by atoms with Crippen molar-refractivity contribution in [2.45, 2.75) is 44.6 Å². The third kappa shape index (κ3) is 4.49. The lowest BCUT2D eigenvalue weighted by molar-refractivity contribution is -0.0469. The van der Waals surface area contributed by atoms with Gasteiger partial charge in [-0.15, -0.1) is 0 Å². The normalized spacial score (nSPS) is 20.8. The van der Waals surface area contributed by atoms with Crippen molar-refractivity contribution in [1.82, 2.24) is 5.32 Å². The van der Waals surface area contributed by atoms with Crippen LogP contribution in [0.3, 0.4) is 0 Å². The number of hydrogen-bond donors (Lipinski definition) is 2. The summed E-state index contributed by atoms with van der Waals surface area (Å²) in [4.78, 5) is 0. The molecule has 0 radical (unpaired) electrons. The summed E-state index contributed by atoms with van der Waals surface area (Å²) in [6.45, 7) is 4.39. The first-order chi connectivity index (χ1) is 11.5. The monoisotopic (exact) mass is 345 g/mol. The van der Waals surface area contributed by atoms with Gasteiger partial charge in [0.1, 0.15) is 5.82 Å². The Kier molecular flexibility index (Phi) is 7.07. The third-order valence-corrected chi connectivity index (χ3v) is 4.73. The molecule has 1 saturated heterocycles. The van der Waals surface area contributed by atoms with E-state index in [0.29, 0.717) is 45.1 Å². The van der Waals surface area contributed by atoms with Crippen LogP contribution in [-0.2, 0) is 10.3 Å². The highest BCUT2D eigenvalue weighted by molar-refractivity contribution is 5.27. The van der Waals surface area contributed by atoms with Gasteiger partial charge >= 0.3 is 0 Å². The number of benzene rings is 1. The molecule has 3 nitrogen and oxygen atoms in total. The van der Waals surface area contributed by atoms with Gasteiger partial charge in [0, 0.05) is 37.3 Å². The van der Waals surface area contributed by atoms with Crippen LogP contribution in [0, 0.1) is 23.4 Å². The van der Waals surface area contributed by atoms with Crippen molar-refractivity contribution in [2.75, 3.05) is 26.3 Å². The molecule has 1 aromatic rings. The van der Waals surface area contributed by atoms with E-state index in [-0.39, 0.29) is 17.9 Å². The lowest BCUT2D eigenvalue weighted by atomic mass is 9.74. The molecule has 0 spiro atoms. The fraction of sp³-hybridized carbons (Fsp3) is 0.667. The van der Waals surface area contributed by atoms with Gasteiger partial charge in [0.15, 0.2) is 11.6 Å². The second-order valence-corrected chi connectivity index (χ2v) is 6.37. The Morgan fingerprint density at radius 1 is 1.29 bits per heavy atom. The van der Waals surface area contributed by atoms with Crippen LogP contribution in [0.2, 0.25) is 0 Å². The number of hydrogen-bond acceptors (Lipinski definition) is 3. The molecule has 0 saturated carbocycles. The third-order valence-electron chi connectivity index (χ3n) is 4.73. The Morgan fingerprint density at radius 2 is 2.08 bits per heavy atom. The minimum atomic E-state index is -1.59. The van der Waals surface area contributed by atoms with Crippen molar-refractivity contribution in [3.63, 3.8) is 0 Å². The van der Waals surface area contributed by atoms with Crippen molar-refractivity contribution < 1.29 is 23.0 Å². The van der Waals surface area contributed by atoms with Crippen LogP contribution in [0.1, 0.15) is 44.6 Å². The molecule has 0 aromatic heterocycles. The number of nitrogens with one attached hydrogen (secondary N) is 1. The summed E-state index contributed by atoms with van der Waals surface area (Å²) < 4.78 is 46.9. The number of rotatable bonds is 8. The van der Waals surface area contributed by atoms with E-state index >= 15 is 0 Å². The van der Waals surface area contributed by atoms with E-state index in [0.717, 1.165) is 19.0 Å². The van der Waals surface area contributed by atoms with Gasteiger partial charge in [-0.1, -0.05) is 0 Å². The maximum Gasteiger partial charge on any atom is 0.165 e. The smallest absolute Gasteiger partial charge is 0.165 e. The number of aliphatic hydroxyl groups is 1. The van der Waals surface area contributed by atoms with E-state index in [2.05, 4.69) is 5.32 Å². The molecule has 2 N–H and O–H groups in total. The van der Waals surface area contributed by atoms with E-state index in [1.807, 2.05) is 6.92 Å². The van der Waals surface area contributed by atoms with Gasteiger partial charge in [0.25, 0.3) is 0 Å². The van der Waals surface area contributed by atoms with Crippen LogP contribution in [0.15, 0.2) is 12.1 Å². The molecule has 1 aromatic carbocycles. The SMILES string of the molecule is CCOCCCC[C@@](O)(c1cc(F)cc(F)c1F)C1CCCNC1. The van der Waals surface area contributed by atoms with Gasteiger partial charge in [0.2, 0.25) is 0 Å². The highest BCUT2D eigenvalue weighted by Gasteiger charge is 2.41. The molecule has 24 heavy (non-hydrogen) atoms. The molecule has 1 fully saturated rings. The molecule has 1 heterocycles. The van der Waals surface area contributed by atoms with E-state index in [4.69, 9.17) is 4.74 Å². The highest BCUT2D eigenvalue weighted by atomic mass is 19.2. The predicted octanol–water partition coefficient (Wildman–Crippen LogP) is 3.50. The zero-order valence-corrected chi connectivity index (χ0v) is 14.1. The van der Waals surface area contributed by atoms with E-state index in [1.165, 1.54) is 0 Å². The van der Waals surface area contributed by atoms with Gasteiger partial charge in [-0.25, -0.2) is 13.2 Å². The van der Waals surface area contributed by atoms with Crippen LogP contribution < -0.4 is 5.32 Å². The molecule has 2 rings (SSSR count). The zero-order valence-electron chi connectivity index (χ0n) is 14.1. The zero-order chi connectivity index (χ0) is 17.6. The van der Waals surface area contributed by atoms with Gasteiger partial charge in [-0.3, -0.25) is 0 Å². The summed E-state index contributed by atoms with van der Waals surface area (Å²) in [7, 11) is 0. The van der Waals surface area contributed by atoms with Crippen molar-refractivity contribution in [1.29, 1.82) is 0 Å². The Bertz CT molecular complexity index is 535. The highest BCUT2D eigenvalue weighted by Crippen LogP contribution is 2.40. The summed E-state index contributed by atoms with van der Waals surface area (Å²) in [6, 6.07) is 1.43. The van der Waals surface area contributed by atoms with E-state index in [1.54, 1.807) is 0 Å². The second-order valence-electron chi connectivity index (χ2n) is 6.37. The number of piperidine rings is 1. The molecule has 2 atom stereocenters. The molecule has 1 unspecified atom stereocenters. The summed E-state index contributed by atoms with van der Waals surface area (Å²) >= 11 is 0. The van der Waals surface area contributed by atoms with Crippen LogP contribution in [-0.4, -0.2) is 31.4 Å². The summed E-state index contributed by atoms with van der Waals surface area (Å²) in [5.74, 6) is -3.58. The van der Waals surface area contributed by atoms with Crippen molar-refractivity contribution >= 4 is 0 Å². The average Bonchev–Trinajstić information content (AvgIpc) is 2.58. The topological polar surface area (TPSA) is 41.5 Å². The summed E-state index contributed by atoms with van der Waals surface area (Å²) in [5.41, 5.74) is -1.86. The van der Waals surface area contributed by atoms with Gasteiger partial charge < -0.3 is 15.2 Å². The van der Waals surface area contributed by atoms with Gasteiger partial charge in [-0.2, -0.15) is 0 Å². The molecular weight excluding hydrogens is 319 g/mol. The molecule has 1 aliphatic heterocycles.